The van der Waals surface area contributed by atoms with Crippen molar-refractivity contribution in [1.82, 2.24) is 0 Å². The maximum atomic E-state index is 13.0. The highest BCUT2D eigenvalue weighted by atomic mass is 19.1. The fraction of sp³-hybridized carbons (Fsp3) is 0.364. The van der Waals surface area contributed by atoms with Gasteiger partial charge in [0, 0.05) is 18.8 Å². The summed E-state index contributed by atoms with van der Waals surface area (Å²) in [6, 6.07) is 5.87. The number of halogens is 1. The Labute approximate surface area is 92.3 Å². The second-order valence-electron chi connectivity index (χ2n) is 3.30. The van der Waals surface area contributed by atoms with Crippen LogP contribution in [0.3, 0.4) is 0 Å². The Morgan fingerprint density at radius 2 is 2.19 bits per heavy atom. The van der Waals surface area contributed by atoms with E-state index in [2.05, 4.69) is 0 Å². The van der Waals surface area contributed by atoms with Crippen LogP contribution in [0.4, 0.5) is 4.39 Å². The smallest absolute Gasteiger partial charge is 0.165 e. The highest BCUT2D eigenvalue weighted by molar-refractivity contribution is 5.64. The molecule has 1 rings (SSSR count). The van der Waals surface area contributed by atoms with Gasteiger partial charge in [0.2, 0.25) is 0 Å². The lowest BCUT2D eigenvalue weighted by Gasteiger charge is -2.12. The number of carboxylic acid groups (broad SMARTS) is 1. The van der Waals surface area contributed by atoms with Crippen LogP contribution in [0.1, 0.15) is 12.8 Å². The molecule has 88 valence electrons. The summed E-state index contributed by atoms with van der Waals surface area (Å²) in [6.07, 6.45) is -1.36. The van der Waals surface area contributed by atoms with Gasteiger partial charge in [0.25, 0.3) is 0 Å². The van der Waals surface area contributed by atoms with Crippen LogP contribution in [0.2, 0.25) is 0 Å². The third-order valence-electron chi connectivity index (χ3n) is 1.95. The number of para-hydroxylation sites is 1. The third kappa shape index (κ3) is 4.27. The van der Waals surface area contributed by atoms with E-state index in [1.165, 1.54) is 18.2 Å². The molecule has 0 aromatic heterocycles. The zero-order chi connectivity index (χ0) is 12.0. The molecule has 0 aliphatic carbocycles. The van der Waals surface area contributed by atoms with Crippen molar-refractivity contribution in [1.29, 1.82) is 0 Å². The van der Waals surface area contributed by atoms with Crippen molar-refractivity contribution < 1.29 is 24.1 Å². The van der Waals surface area contributed by atoms with Gasteiger partial charge in [0.05, 0.1) is 12.7 Å². The van der Waals surface area contributed by atoms with Crippen LogP contribution in [-0.2, 0) is 4.79 Å². The van der Waals surface area contributed by atoms with Crippen molar-refractivity contribution in [3.05, 3.63) is 30.1 Å². The SMILES string of the molecule is O=C([O-])CC(O)CCOc1ccccc1F. The highest BCUT2D eigenvalue weighted by Gasteiger charge is 2.06. The van der Waals surface area contributed by atoms with Gasteiger partial charge in [-0.25, -0.2) is 4.39 Å². The first-order valence-corrected chi connectivity index (χ1v) is 4.85. The van der Waals surface area contributed by atoms with Crippen LogP contribution >= 0.6 is 0 Å². The fourth-order valence-corrected chi connectivity index (χ4v) is 1.16. The standard InChI is InChI=1S/C11H13FO4/c12-9-3-1-2-4-10(9)16-6-5-8(13)7-11(14)15/h1-4,8,13H,5-7H2,(H,14,15)/p-1. The fourth-order valence-electron chi connectivity index (χ4n) is 1.16. The Morgan fingerprint density at radius 3 is 2.81 bits per heavy atom. The number of benzene rings is 1. The molecule has 0 saturated carbocycles. The molecule has 0 aliphatic rings. The van der Waals surface area contributed by atoms with Crippen LogP contribution in [0, 0.1) is 5.82 Å². The number of ether oxygens (including phenoxy) is 1. The maximum Gasteiger partial charge on any atom is 0.165 e. The Bertz CT molecular complexity index is 354. The van der Waals surface area contributed by atoms with E-state index in [0.717, 1.165) is 0 Å². The highest BCUT2D eigenvalue weighted by Crippen LogP contribution is 2.15. The molecule has 1 unspecified atom stereocenters. The van der Waals surface area contributed by atoms with E-state index in [9.17, 15) is 19.4 Å². The Morgan fingerprint density at radius 1 is 1.50 bits per heavy atom. The summed E-state index contributed by atoms with van der Waals surface area (Å²) in [7, 11) is 0. The minimum atomic E-state index is -1.32. The van der Waals surface area contributed by atoms with Gasteiger partial charge in [-0.05, 0) is 12.1 Å². The molecule has 0 heterocycles. The van der Waals surface area contributed by atoms with Crippen LogP contribution in [0.15, 0.2) is 24.3 Å². The average Bonchev–Trinajstić information content (AvgIpc) is 2.19. The zero-order valence-electron chi connectivity index (χ0n) is 8.56. The Balaban J connectivity index is 2.30. The molecule has 16 heavy (non-hydrogen) atoms. The summed E-state index contributed by atoms with van der Waals surface area (Å²) in [5, 5.41) is 19.3. The largest absolute Gasteiger partial charge is 0.550 e. The summed E-state index contributed by atoms with van der Waals surface area (Å²) in [6.45, 7) is 0.0510. The van der Waals surface area contributed by atoms with Crippen molar-refractivity contribution >= 4 is 5.97 Å². The van der Waals surface area contributed by atoms with Crippen molar-refractivity contribution in [2.75, 3.05) is 6.61 Å². The van der Waals surface area contributed by atoms with Crippen LogP contribution < -0.4 is 9.84 Å². The third-order valence-corrected chi connectivity index (χ3v) is 1.95. The number of aliphatic carboxylic acids is 1. The van der Waals surface area contributed by atoms with E-state index in [1.54, 1.807) is 6.07 Å². The first-order valence-electron chi connectivity index (χ1n) is 4.85. The quantitative estimate of drug-likeness (QED) is 0.748. The first-order chi connectivity index (χ1) is 7.59. The van der Waals surface area contributed by atoms with Gasteiger partial charge >= 0.3 is 0 Å². The minimum absolute atomic E-state index is 0.0510. The molecule has 0 fully saturated rings. The molecular formula is C11H12FO4-. The summed E-state index contributed by atoms with van der Waals surface area (Å²) >= 11 is 0. The zero-order valence-corrected chi connectivity index (χ0v) is 8.56. The Hall–Kier alpha value is -1.62. The van der Waals surface area contributed by atoms with Crippen LogP contribution in [0.25, 0.3) is 0 Å². The van der Waals surface area contributed by atoms with Gasteiger partial charge in [-0.1, -0.05) is 12.1 Å². The van der Waals surface area contributed by atoms with Gasteiger partial charge < -0.3 is 19.7 Å². The van der Waals surface area contributed by atoms with Gasteiger partial charge in [-0.3, -0.25) is 0 Å². The summed E-state index contributed by atoms with van der Waals surface area (Å²) in [5.74, 6) is -1.72. The van der Waals surface area contributed by atoms with Gasteiger partial charge in [-0.15, -0.1) is 0 Å². The van der Waals surface area contributed by atoms with E-state index < -0.39 is 24.3 Å². The number of carboxylic acids is 1. The molecule has 0 spiro atoms. The van der Waals surface area contributed by atoms with Crippen molar-refractivity contribution in [2.24, 2.45) is 0 Å². The number of hydrogen-bond acceptors (Lipinski definition) is 4. The van der Waals surface area contributed by atoms with Crippen molar-refractivity contribution in [2.45, 2.75) is 18.9 Å². The molecule has 0 aliphatic heterocycles. The van der Waals surface area contributed by atoms with Gasteiger partial charge in [-0.2, -0.15) is 0 Å². The topological polar surface area (TPSA) is 69.6 Å². The first kappa shape index (κ1) is 12.4. The predicted octanol–water partition coefficient (Wildman–Crippen LogP) is 0.0955. The molecule has 4 nitrogen and oxygen atoms in total. The average molecular weight is 227 g/mol. The number of aliphatic hydroxyl groups is 1. The van der Waals surface area contributed by atoms with Gasteiger partial charge in [0.1, 0.15) is 0 Å². The minimum Gasteiger partial charge on any atom is -0.550 e. The Kier molecular flexibility index (Phi) is 4.72. The molecule has 1 N–H and O–H groups in total. The predicted molar refractivity (Wildman–Crippen MR) is 52.1 cm³/mol. The normalized spacial score (nSPS) is 12.1. The number of hydrogen-bond donors (Lipinski definition) is 1. The lowest BCUT2D eigenvalue weighted by Crippen LogP contribution is -2.28. The number of carbonyl (C=O) groups is 1. The van der Waals surface area contributed by atoms with Crippen molar-refractivity contribution in [3.8, 4) is 5.75 Å². The summed E-state index contributed by atoms with van der Waals surface area (Å²) in [4.78, 5) is 10.1. The van der Waals surface area contributed by atoms with E-state index >= 15 is 0 Å². The second kappa shape index (κ2) is 6.07. The van der Waals surface area contributed by atoms with Crippen molar-refractivity contribution in [3.63, 3.8) is 0 Å². The lowest BCUT2D eigenvalue weighted by molar-refractivity contribution is -0.307. The number of rotatable bonds is 6. The number of carbonyl (C=O) groups excluding carboxylic acids is 1. The maximum absolute atomic E-state index is 13.0. The summed E-state index contributed by atoms with van der Waals surface area (Å²) in [5.41, 5.74) is 0. The van der Waals surface area contributed by atoms with E-state index in [-0.39, 0.29) is 18.8 Å². The van der Waals surface area contributed by atoms with E-state index in [4.69, 9.17) is 4.74 Å². The molecular weight excluding hydrogens is 215 g/mol. The summed E-state index contributed by atoms with van der Waals surface area (Å²) < 4.78 is 18.1. The monoisotopic (exact) mass is 227 g/mol. The van der Waals surface area contributed by atoms with Crippen LogP contribution in [0.5, 0.6) is 5.75 Å². The molecule has 1 aromatic carbocycles. The molecule has 1 aromatic rings. The molecule has 0 saturated heterocycles. The molecule has 1 atom stereocenters. The molecule has 0 bridgehead atoms. The van der Waals surface area contributed by atoms with E-state index in [1.807, 2.05) is 0 Å². The van der Waals surface area contributed by atoms with E-state index in [0.29, 0.717) is 0 Å². The molecule has 0 amide bonds. The lowest BCUT2D eigenvalue weighted by atomic mass is 10.2. The second-order valence-corrected chi connectivity index (χ2v) is 3.30. The van der Waals surface area contributed by atoms with Crippen LogP contribution in [-0.4, -0.2) is 23.8 Å². The molecule has 5 heteroatoms. The molecule has 0 radical (unpaired) electrons. The van der Waals surface area contributed by atoms with Gasteiger partial charge in [0.15, 0.2) is 11.6 Å². The number of aliphatic hydroxyl groups excluding tert-OH is 1.